The Labute approximate surface area is 180 Å². The molecule has 1 atom stereocenters. The van der Waals surface area contributed by atoms with E-state index in [-0.39, 0.29) is 18.0 Å². The van der Waals surface area contributed by atoms with Crippen LogP contribution in [0.5, 0.6) is 0 Å². The van der Waals surface area contributed by atoms with Crippen LogP contribution in [0.15, 0.2) is 53.0 Å². The summed E-state index contributed by atoms with van der Waals surface area (Å²) in [7, 11) is 1.46. The molecular weight excluding hydrogens is 436 g/mol. The van der Waals surface area contributed by atoms with Crippen LogP contribution in [0.4, 0.5) is 0 Å². The van der Waals surface area contributed by atoms with Gasteiger partial charge in [0.05, 0.1) is 20.1 Å². The van der Waals surface area contributed by atoms with Gasteiger partial charge in [-0.25, -0.2) is 0 Å². The van der Waals surface area contributed by atoms with Gasteiger partial charge in [0.15, 0.2) is 0 Å². The van der Waals surface area contributed by atoms with Gasteiger partial charge in [-0.15, -0.1) is 0 Å². The summed E-state index contributed by atoms with van der Waals surface area (Å²) in [5.74, 6) is 0.858. The molecule has 0 aliphatic heterocycles. The first-order chi connectivity index (χ1) is 13.5. The highest BCUT2D eigenvalue weighted by Crippen LogP contribution is 2.53. The van der Waals surface area contributed by atoms with Crippen molar-refractivity contribution in [3.05, 3.63) is 69.7 Å². The second kappa shape index (κ2) is 9.95. The van der Waals surface area contributed by atoms with Crippen molar-refractivity contribution in [3.8, 4) is 0 Å². The van der Waals surface area contributed by atoms with Crippen LogP contribution in [0.2, 0.25) is 0 Å². The average molecular weight is 463 g/mol. The first kappa shape index (κ1) is 21.4. The Bertz CT molecular complexity index is 804. The van der Waals surface area contributed by atoms with E-state index in [2.05, 4.69) is 46.3 Å². The summed E-state index contributed by atoms with van der Waals surface area (Å²) in [5, 5.41) is 9.85. The first-order valence-corrected chi connectivity index (χ1v) is 11.5. The molecule has 1 saturated carbocycles. The van der Waals surface area contributed by atoms with Gasteiger partial charge in [-0.2, -0.15) is 11.8 Å². The van der Waals surface area contributed by atoms with Gasteiger partial charge in [-0.1, -0.05) is 58.4 Å². The number of thioether (sulfide) groups is 1. The molecule has 0 aromatic heterocycles. The Morgan fingerprint density at radius 2 is 2.04 bits per heavy atom. The maximum absolute atomic E-state index is 11.7. The van der Waals surface area contributed by atoms with Gasteiger partial charge in [0, 0.05) is 15.5 Å². The van der Waals surface area contributed by atoms with E-state index in [0.717, 1.165) is 41.5 Å². The zero-order valence-electron chi connectivity index (χ0n) is 16.2. The SMILES string of the molecule is COC(=O)CC1(CSC(CCc2ccccc2Br)c2cccc(CO)c2)CC1. The van der Waals surface area contributed by atoms with Gasteiger partial charge >= 0.3 is 5.97 Å². The van der Waals surface area contributed by atoms with E-state index >= 15 is 0 Å². The van der Waals surface area contributed by atoms with Crippen molar-refractivity contribution in [2.24, 2.45) is 5.41 Å². The number of aryl methyl sites for hydroxylation is 1. The average Bonchev–Trinajstić information content (AvgIpc) is 3.48. The Morgan fingerprint density at radius 3 is 2.71 bits per heavy atom. The number of carbonyl (C=O) groups excluding carboxylic acids is 1. The zero-order valence-corrected chi connectivity index (χ0v) is 18.6. The maximum Gasteiger partial charge on any atom is 0.306 e. The smallest absolute Gasteiger partial charge is 0.306 e. The third-order valence-corrected chi connectivity index (χ3v) is 7.90. The Morgan fingerprint density at radius 1 is 1.25 bits per heavy atom. The van der Waals surface area contributed by atoms with Crippen LogP contribution in [0.25, 0.3) is 0 Å². The summed E-state index contributed by atoms with van der Waals surface area (Å²) < 4.78 is 6.03. The molecule has 0 saturated heterocycles. The van der Waals surface area contributed by atoms with Gasteiger partial charge in [0.25, 0.3) is 0 Å². The van der Waals surface area contributed by atoms with Crippen LogP contribution < -0.4 is 0 Å². The number of ether oxygens (including phenoxy) is 1. The van der Waals surface area contributed by atoms with Gasteiger partial charge in [-0.05, 0) is 53.9 Å². The number of rotatable bonds is 10. The summed E-state index contributed by atoms with van der Waals surface area (Å²) in [6.07, 6.45) is 4.71. The van der Waals surface area contributed by atoms with E-state index in [9.17, 15) is 9.90 Å². The molecule has 150 valence electrons. The Kier molecular flexibility index (Phi) is 7.61. The van der Waals surface area contributed by atoms with Crippen molar-refractivity contribution in [2.45, 2.75) is 44.0 Å². The molecule has 0 spiro atoms. The van der Waals surface area contributed by atoms with Crippen LogP contribution in [0.1, 0.15) is 47.6 Å². The lowest BCUT2D eigenvalue weighted by Gasteiger charge is -2.21. The number of hydrogen-bond acceptors (Lipinski definition) is 4. The van der Waals surface area contributed by atoms with E-state index < -0.39 is 0 Å². The third kappa shape index (κ3) is 5.85. The molecule has 3 nitrogen and oxygen atoms in total. The molecule has 0 bridgehead atoms. The minimum absolute atomic E-state index is 0.0573. The normalized spacial score (nSPS) is 15.8. The third-order valence-electron chi connectivity index (χ3n) is 5.43. The molecule has 2 aromatic rings. The Balaban J connectivity index is 1.71. The Hall–Kier alpha value is -1.30. The van der Waals surface area contributed by atoms with E-state index in [1.54, 1.807) is 0 Å². The first-order valence-electron chi connectivity index (χ1n) is 9.67. The van der Waals surface area contributed by atoms with E-state index in [4.69, 9.17) is 4.74 Å². The lowest BCUT2D eigenvalue weighted by atomic mass is 10.0. The van der Waals surface area contributed by atoms with Crippen LogP contribution in [-0.2, 0) is 22.6 Å². The summed E-state index contributed by atoms with van der Waals surface area (Å²) in [6.45, 7) is 0.0573. The molecule has 1 unspecified atom stereocenters. The number of halogens is 1. The van der Waals surface area contributed by atoms with Crippen LogP contribution in [-0.4, -0.2) is 23.9 Å². The number of hydrogen-bond donors (Lipinski definition) is 1. The van der Waals surface area contributed by atoms with Gasteiger partial charge in [0.2, 0.25) is 0 Å². The number of carbonyl (C=O) groups is 1. The van der Waals surface area contributed by atoms with Crippen molar-refractivity contribution in [2.75, 3.05) is 12.9 Å². The fourth-order valence-electron chi connectivity index (χ4n) is 3.43. The van der Waals surface area contributed by atoms with E-state index in [0.29, 0.717) is 11.7 Å². The van der Waals surface area contributed by atoms with Gasteiger partial charge in [0.1, 0.15) is 0 Å². The molecule has 5 heteroatoms. The minimum Gasteiger partial charge on any atom is -0.469 e. The highest BCUT2D eigenvalue weighted by Gasteiger charge is 2.44. The second-order valence-electron chi connectivity index (χ2n) is 7.59. The van der Waals surface area contributed by atoms with Crippen molar-refractivity contribution < 1.29 is 14.6 Å². The van der Waals surface area contributed by atoms with Crippen LogP contribution in [0.3, 0.4) is 0 Å². The van der Waals surface area contributed by atoms with E-state index in [1.165, 1.54) is 18.2 Å². The highest BCUT2D eigenvalue weighted by molar-refractivity contribution is 9.10. The number of methoxy groups -OCH3 is 1. The van der Waals surface area contributed by atoms with Gasteiger partial charge < -0.3 is 9.84 Å². The molecule has 1 aliphatic carbocycles. The fourth-order valence-corrected chi connectivity index (χ4v) is 5.48. The molecule has 1 aliphatic rings. The summed E-state index contributed by atoms with van der Waals surface area (Å²) in [6, 6.07) is 16.6. The number of aliphatic hydroxyl groups is 1. The highest BCUT2D eigenvalue weighted by atomic mass is 79.9. The number of benzene rings is 2. The predicted molar refractivity (Wildman–Crippen MR) is 118 cm³/mol. The van der Waals surface area contributed by atoms with Crippen molar-refractivity contribution >= 4 is 33.7 Å². The minimum atomic E-state index is -0.106. The van der Waals surface area contributed by atoms with Gasteiger partial charge in [-0.3, -0.25) is 4.79 Å². The second-order valence-corrected chi connectivity index (χ2v) is 9.63. The largest absolute Gasteiger partial charge is 0.469 e. The molecule has 28 heavy (non-hydrogen) atoms. The maximum atomic E-state index is 11.7. The van der Waals surface area contributed by atoms with E-state index in [1.807, 2.05) is 30.0 Å². The molecule has 2 aromatic carbocycles. The molecule has 0 radical (unpaired) electrons. The molecule has 0 amide bonds. The van der Waals surface area contributed by atoms with Crippen molar-refractivity contribution in [1.29, 1.82) is 0 Å². The van der Waals surface area contributed by atoms with Crippen molar-refractivity contribution in [1.82, 2.24) is 0 Å². The molecular formula is C23H27BrO3S. The molecule has 1 fully saturated rings. The summed E-state index contributed by atoms with van der Waals surface area (Å²) in [4.78, 5) is 11.7. The standard InChI is InChI=1S/C23H27BrO3S/c1-27-22(26)14-23(11-12-23)16-28-21(19-7-4-5-17(13-19)15-25)10-9-18-6-2-3-8-20(18)24/h2-8,13,21,25H,9-12,14-16H2,1H3. The lowest BCUT2D eigenvalue weighted by molar-refractivity contribution is -0.141. The quantitative estimate of drug-likeness (QED) is 0.460. The molecule has 3 rings (SSSR count). The molecule has 0 heterocycles. The topological polar surface area (TPSA) is 46.5 Å². The number of aliphatic hydroxyl groups excluding tert-OH is 1. The predicted octanol–water partition coefficient (Wildman–Crippen LogP) is 5.69. The number of esters is 1. The van der Waals surface area contributed by atoms with Crippen molar-refractivity contribution in [3.63, 3.8) is 0 Å². The molecule has 1 N–H and O–H groups in total. The fraction of sp³-hybridized carbons (Fsp3) is 0.435. The summed E-state index contributed by atoms with van der Waals surface area (Å²) >= 11 is 5.59. The zero-order chi connectivity index (χ0) is 20.0. The lowest BCUT2D eigenvalue weighted by Crippen LogP contribution is -2.14. The van der Waals surface area contributed by atoms with Crippen LogP contribution in [0, 0.1) is 5.41 Å². The monoisotopic (exact) mass is 462 g/mol. The van der Waals surface area contributed by atoms with Crippen LogP contribution >= 0.6 is 27.7 Å². The summed E-state index contributed by atoms with van der Waals surface area (Å²) in [5.41, 5.74) is 3.61.